The topological polar surface area (TPSA) is 18.5 Å². The first-order valence-corrected chi connectivity index (χ1v) is 5.60. The Balaban J connectivity index is 2.02. The lowest BCUT2D eigenvalue weighted by Gasteiger charge is -2.28. The van der Waals surface area contributed by atoms with Crippen LogP contribution in [0.3, 0.4) is 0 Å². The molecule has 0 amide bonds. The van der Waals surface area contributed by atoms with Crippen molar-refractivity contribution in [1.29, 1.82) is 0 Å². The van der Waals surface area contributed by atoms with Crippen LogP contribution in [0.2, 0.25) is 0 Å². The molecule has 82 valence electrons. The van der Waals surface area contributed by atoms with Gasteiger partial charge in [-0.05, 0) is 25.3 Å². The maximum Gasteiger partial charge on any atom is 0.169 e. The van der Waals surface area contributed by atoms with Gasteiger partial charge >= 0.3 is 0 Å². The third-order valence-electron chi connectivity index (χ3n) is 2.72. The van der Waals surface area contributed by atoms with Crippen molar-refractivity contribution < 1.29 is 9.47 Å². The van der Waals surface area contributed by atoms with Crippen molar-refractivity contribution in [3.8, 4) is 0 Å². The van der Waals surface area contributed by atoms with E-state index < -0.39 is 5.79 Å². The molecule has 2 rings (SSSR count). The van der Waals surface area contributed by atoms with Crippen LogP contribution in [0.5, 0.6) is 0 Å². The van der Waals surface area contributed by atoms with Gasteiger partial charge in [0, 0.05) is 6.42 Å². The minimum Gasteiger partial charge on any atom is -0.350 e. The van der Waals surface area contributed by atoms with Gasteiger partial charge in [-0.15, -0.1) is 0 Å². The summed E-state index contributed by atoms with van der Waals surface area (Å²) in [6.45, 7) is 3.65. The van der Waals surface area contributed by atoms with Crippen LogP contribution in [-0.2, 0) is 15.9 Å². The highest BCUT2D eigenvalue weighted by Gasteiger charge is 2.27. The molecule has 1 aliphatic heterocycles. The van der Waals surface area contributed by atoms with Crippen LogP contribution in [-0.4, -0.2) is 19.0 Å². The van der Waals surface area contributed by atoms with E-state index in [0.717, 1.165) is 32.5 Å². The van der Waals surface area contributed by atoms with Crippen LogP contribution in [0, 0.1) is 0 Å². The van der Waals surface area contributed by atoms with Gasteiger partial charge < -0.3 is 9.47 Å². The molecule has 2 heteroatoms. The van der Waals surface area contributed by atoms with Crippen molar-refractivity contribution in [3.63, 3.8) is 0 Å². The van der Waals surface area contributed by atoms with Crippen molar-refractivity contribution >= 4 is 0 Å². The Kier molecular flexibility index (Phi) is 3.39. The normalized spacial score (nSPS) is 20.9. The molecule has 1 aromatic carbocycles. The predicted molar refractivity (Wildman–Crippen MR) is 59.7 cm³/mol. The average molecular weight is 206 g/mol. The van der Waals surface area contributed by atoms with E-state index in [4.69, 9.17) is 9.47 Å². The van der Waals surface area contributed by atoms with E-state index in [1.807, 2.05) is 13.0 Å². The van der Waals surface area contributed by atoms with E-state index in [1.165, 1.54) is 5.56 Å². The van der Waals surface area contributed by atoms with Crippen LogP contribution in [0.15, 0.2) is 30.3 Å². The van der Waals surface area contributed by atoms with Gasteiger partial charge in [0.05, 0.1) is 13.2 Å². The molecule has 2 nitrogen and oxygen atoms in total. The summed E-state index contributed by atoms with van der Waals surface area (Å²) in [5.41, 5.74) is 1.27. The Labute approximate surface area is 91.2 Å². The fourth-order valence-corrected chi connectivity index (χ4v) is 1.89. The predicted octanol–water partition coefficient (Wildman–Crippen LogP) is 2.77. The second-order valence-electron chi connectivity index (χ2n) is 4.20. The third kappa shape index (κ3) is 3.05. The third-order valence-corrected chi connectivity index (χ3v) is 2.72. The highest BCUT2D eigenvalue weighted by molar-refractivity contribution is 5.16. The number of benzene rings is 1. The minimum atomic E-state index is -0.433. The summed E-state index contributed by atoms with van der Waals surface area (Å²) in [6, 6.07) is 10.4. The number of rotatable bonds is 2. The first-order chi connectivity index (χ1) is 7.29. The molecule has 0 aromatic heterocycles. The smallest absolute Gasteiger partial charge is 0.169 e. The van der Waals surface area contributed by atoms with Crippen molar-refractivity contribution in [2.75, 3.05) is 13.2 Å². The Morgan fingerprint density at radius 1 is 1.07 bits per heavy atom. The summed E-state index contributed by atoms with van der Waals surface area (Å²) in [6.07, 6.45) is 3.03. The summed E-state index contributed by atoms with van der Waals surface area (Å²) < 4.78 is 11.5. The molecule has 0 atom stereocenters. The molecule has 0 unspecified atom stereocenters. The lowest BCUT2D eigenvalue weighted by atomic mass is 10.1. The van der Waals surface area contributed by atoms with Crippen molar-refractivity contribution in [2.24, 2.45) is 0 Å². The molecular formula is C13H18O2. The summed E-state index contributed by atoms with van der Waals surface area (Å²) in [4.78, 5) is 0. The second-order valence-corrected chi connectivity index (χ2v) is 4.20. The van der Waals surface area contributed by atoms with Gasteiger partial charge in [-0.2, -0.15) is 0 Å². The van der Waals surface area contributed by atoms with Gasteiger partial charge in [0.1, 0.15) is 0 Å². The lowest BCUT2D eigenvalue weighted by Crippen LogP contribution is -2.34. The zero-order chi connectivity index (χ0) is 10.6. The van der Waals surface area contributed by atoms with Crippen LogP contribution >= 0.6 is 0 Å². The monoisotopic (exact) mass is 206 g/mol. The zero-order valence-electron chi connectivity index (χ0n) is 9.24. The quantitative estimate of drug-likeness (QED) is 0.740. The van der Waals surface area contributed by atoms with E-state index in [0.29, 0.717) is 0 Å². The molecule has 0 saturated carbocycles. The number of hydrogen-bond acceptors (Lipinski definition) is 2. The number of ether oxygens (including phenoxy) is 2. The SMILES string of the molecule is CC1(Cc2ccccc2)OCCCCO1. The fraction of sp³-hybridized carbons (Fsp3) is 0.538. The first kappa shape index (κ1) is 10.7. The van der Waals surface area contributed by atoms with Gasteiger partial charge in [-0.25, -0.2) is 0 Å². The maximum absolute atomic E-state index is 5.77. The van der Waals surface area contributed by atoms with Crippen molar-refractivity contribution in [1.82, 2.24) is 0 Å². The highest BCUT2D eigenvalue weighted by atomic mass is 16.7. The molecule has 0 radical (unpaired) electrons. The number of hydrogen-bond donors (Lipinski definition) is 0. The molecule has 0 aliphatic carbocycles. The standard InChI is InChI=1S/C13H18O2/c1-13(14-9-5-6-10-15-13)11-12-7-3-2-4-8-12/h2-4,7-8H,5-6,9-11H2,1H3. The molecule has 0 N–H and O–H groups in total. The molecule has 1 aliphatic rings. The van der Waals surface area contributed by atoms with Gasteiger partial charge in [-0.1, -0.05) is 30.3 Å². The molecular weight excluding hydrogens is 188 g/mol. The Morgan fingerprint density at radius 2 is 1.67 bits per heavy atom. The van der Waals surface area contributed by atoms with E-state index in [-0.39, 0.29) is 0 Å². The van der Waals surface area contributed by atoms with Gasteiger partial charge in [0.2, 0.25) is 0 Å². The van der Waals surface area contributed by atoms with Crippen LogP contribution in [0.25, 0.3) is 0 Å². The van der Waals surface area contributed by atoms with Crippen LogP contribution < -0.4 is 0 Å². The van der Waals surface area contributed by atoms with Gasteiger partial charge in [0.25, 0.3) is 0 Å². The van der Waals surface area contributed by atoms with E-state index in [2.05, 4.69) is 24.3 Å². The largest absolute Gasteiger partial charge is 0.350 e. The average Bonchev–Trinajstić information content (AvgIpc) is 2.45. The first-order valence-electron chi connectivity index (χ1n) is 5.60. The van der Waals surface area contributed by atoms with Gasteiger partial charge in [-0.3, -0.25) is 0 Å². The molecule has 1 heterocycles. The van der Waals surface area contributed by atoms with E-state index >= 15 is 0 Å². The summed E-state index contributed by atoms with van der Waals surface area (Å²) in [5.74, 6) is -0.433. The fourth-order valence-electron chi connectivity index (χ4n) is 1.89. The zero-order valence-corrected chi connectivity index (χ0v) is 9.24. The molecule has 1 saturated heterocycles. The highest BCUT2D eigenvalue weighted by Crippen LogP contribution is 2.22. The van der Waals surface area contributed by atoms with Crippen LogP contribution in [0.1, 0.15) is 25.3 Å². The maximum atomic E-state index is 5.77. The van der Waals surface area contributed by atoms with Crippen molar-refractivity contribution in [3.05, 3.63) is 35.9 Å². The molecule has 1 fully saturated rings. The Hall–Kier alpha value is -0.860. The van der Waals surface area contributed by atoms with Crippen molar-refractivity contribution in [2.45, 2.75) is 32.0 Å². The summed E-state index contributed by atoms with van der Waals surface area (Å²) >= 11 is 0. The van der Waals surface area contributed by atoms with E-state index in [1.54, 1.807) is 0 Å². The Morgan fingerprint density at radius 3 is 2.27 bits per heavy atom. The molecule has 1 aromatic rings. The molecule has 0 bridgehead atoms. The minimum absolute atomic E-state index is 0.433. The summed E-state index contributed by atoms with van der Waals surface area (Å²) in [7, 11) is 0. The van der Waals surface area contributed by atoms with Gasteiger partial charge in [0.15, 0.2) is 5.79 Å². The Bertz CT molecular complexity index is 287. The molecule has 0 spiro atoms. The van der Waals surface area contributed by atoms with Crippen LogP contribution in [0.4, 0.5) is 0 Å². The second kappa shape index (κ2) is 4.77. The molecule has 15 heavy (non-hydrogen) atoms. The van der Waals surface area contributed by atoms with E-state index in [9.17, 15) is 0 Å². The summed E-state index contributed by atoms with van der Waals surface area (Å²) in [5, 5.41) is 0. The lowest BCUT2D eigenvalue weighted by molar-refractivity contribution is -0.211.